The van der Waals surface area contributed by atoms with Gasteiger partial charge in [0.25, 0.3) is 0 Å². The molecular formula is C8H7F3O2S. The standard InChI is InChI=1S/C8H7F3O2S/c9-8(10,11)7(12)13-5-14-6-3-1-2-4-6/h1-4,6H,5H2. The minimum absolute atomic E-state index is 0.00367. The van der Waals surface area contributed by atoms with Crippen molar-refractivity contribution >= 4 is 17.7 Å². The van der Waals surface area contributed by atoms with Crippen LogP contribution in [-0.4, -0.2) is 23.3 Å². The Kier molecular flexibility index (Phi) is 3.62. The molecule has 1 rings (SSSR count). The van der Waals surface area contributed by atoms with Crippen molar-refractivity contribution < 1.29 is 22.7 Å². The van der Waals surface area contributed by atoms with E-state index in [9.17, 15) is 18.0 Å². The number of halogens is 3. The number of allylic oxidation sites excluding steroid dienone is 2. The first-order valence-electron chi connectivity index (χ1n) is 3.70. The third kappa shape index (κ3) is 3.45. The van der Waals surface area contributed by atoms with Gasteiger partial charge in [-0.2, -0.15) is 13.2 Å². The van der Waals surface area contributed by atoms with Gasteiger partial charge in [-0.05, 0) is 0 Å². The lowest BCUT2D eigenvalue weighted by Gasteiger charge is -2.08. The van der Waals surface area contributed by atoms with Gasteiger partial charge in [-0.15, -0.1) is 11.8 Å². The van der Waals surface area contributed by atoms with Crippen molar-refractivity contribution in [1.82, 2.24) is 0 Å². The first-order valence-corrected chi connectivity index (χ1v) is 4.75. The number of ether oxygens (including phenoxy) is 1. The highest BCUT2D eigenvalue weighted by Gasteiger charge is 2.40. The van der Waals surface area contributed by atoms with Crippen molar-refractivity contribution in [3.8, 4) is 0 Å². The second-order valence-corrected chi connectivity index (χ2v) is 3.56. The monoisotopic (exact) mass is 224 g/mol. The van der Waals surface area contributed by atoms with Crippen LogP contribution >= 0.6 is 11.8 Å². The molecule has 0 aliphatic heterocycles. The first kappa shape index (κ1) is 11.2. The number of hydrogen-bond acceptors (Lipinski definition) is 3. The smallest absolute Gasteiger partial charge is 0.448 e. The zero-order chi connectivity index (χ0) is 10.6. The number of carbonyl (C=O) groups excluding carboxylic acids is 1. The third-order valence-electron chi connectivity index (χ3n) is 1.39. The minimum Gasteiger partial charge on any atom is -0.448 e. The molecule has 0 heterocycles. The zero-order valence-corrected chi connectivity index (χ0v) is 7.77. The SMILES string of the molecule is O=C(OCSC1C=CC=C1)C(F)(F)F. The highest BCUT2D eigenvalue weighted by molar-refractivity contribution is 8.00. The van der Waals surface area contributed by atoms with E-state index in [4.69, 9.17) is 0 Å². The van der Waals surface area contributed by atoms with Crippen LogP contribution in [0.1, 0.15) is 0 Å². The molecule has 0 aromatic heterocycles. The molecule has 0 unspecified atom stereocenters. The fourth-order valence-electron chi connectivity index (χ4n) is 0.771. The lowest BCUT2D eigenvalue weighted by molar-refractivity contribution is -0.197. The van der Waals surface area contributed by atoms with Crippen molar-refractivity contribution in [2.24, 2.45) is 0 Å². The predicted octanol–water partition coefficient (Wildman–Crippen LogP) is 2.28. The molecule has 0 saturated heterocycles. The summed E-state index contributed by atoms with van der Waals surface area (Å²) in [6.07, 6.45) is 2.26. The number of alkyl halides is 3. The van der Waals surface area contributed by atoms with Crippen LogP contribution in [0, 0.1) is 0 Å². The van der Waals surface area contributed by atoms with Gasteiger partial charge in [0.1, 0.15) is 5.94 Å². The maximum Gasteiger partial charge on any atom is 0.490 e. The van der Waals surface area contributed by atoms with Gasteiger partial charge in [0.15, 0.2) is 0 Å². The summed E-state index contributed by atoms with van der Waals surface area (Å²) in [5, 5.41) is -0.00367. The van der Waals surface area contributed by atoms with Gasteiger partial charge in [-0.25, -0.2) is 4.79 Å². The average molecular weight is 224 g/mol. The molecule has 0 amide bonds. The van der Waals surface area contributed by atoms with Crippen LogP contribution in [-0.2, 0) is 9.53 Å². The Labute approximate surface area is 82.8 Å². The van der Waals surface area contributed by atoms with E-state index in [0.29, 0.717) is 0 Å². The fourth-order valence-corrected chi connectivity index (χ4v) is 1.51. The van der Waals surface area contributed by atoms with Crippen molar-refractivity contribution in [2.75, 3.05) is 5.94 Å². The second-order valence-electron chi connectivity index (χ2n) is 2.45. The summed E-state index contributed by atoms with van der Waals surface area (Å²) >= 11 is 1.11. The summed E-state index contributed by atoms with van der Waals surface area (Å²) in [5.41, 5.74) is 0. The summed E-state index contributed by atoms with van der Waals surface area (Å²) in [4.78, 5) is 10.2. The Morgan fingerprint density at radius 3 is 2.43 bits per heavy atom. The van der Waals surface area contributed by atoms with E-state index in [1.54, 1.807) is 24.3 Å². The van der Waals surface area contributed by atoms with Crippen LogP contribution in [0.25, 0.3) is 0 Å². The van der Waals surface area contributed by atoms with E-state index in [0.717, 1.165) is 11.8 Å². The molecule has 6 heteroatoms. The largest absolute Gasteiger partial charge is 0.490 e. The van der Waals surface area contributed by atoms with Crippen LogP contribution in [0.3, 0.4) is 0 Å². The van der Waals surface area contributed by atoms with E-state index < -0.39 is 12.1 Å². The van der Waals surface area contributed by atoms with Crippen LogP contribution in [0.15, 0.2) is 24.3 Å². The van der Waals surface area contributed by atoms with Gasteiger partial charge in [-0.3, -0.25) is 0 Å². The zero-order valence-electron chi connectivity index (χ0n) is 6.95. The highest BCUT2D eigenvalue weighted by Crippen LogP contribution is 2.21. The number of rotatable bonds is 3. The molecule has 0 bridgehead atoms. The van der Waals surface area contributed by atoms with Gasteiger partial charge < -0.3 is 4.74 Å². The molecular weight excluding hydrogens is 217 g/mol. The molecule has 0 spiro atoms. The Hall–Kier alpha value is -0.910. The third-order valence-corrected chi connectivity index (χ3v) is 2.35. The van der Waals surface area contributed by atoms with Crippen molar-refractivity contribution in [2.45, 2.75) is 11.4 Å². The number of esters is 1. The Morgan fingerprint density at radius 2 is 1.93 bits per heavy atom. The van der Waals surface area contributed by atoms with Gasteiger partial charge in [0.2, 0.25) is 0 Å². The van der Waals surface area contributed by atoms with Crippen molar-refractivity contribution in [3.05, 3.63) is 24.3 Å². The fraction of sp³-hybridized carbons (Fsp3) is 0.375. The molecule has 0 aromatic rings. The molecule has 1 aliphatic carbocycles. The number of thioether (sulfide) groups is 1. The number of hydrogen-bond donors (Lipinski definition) is 0. The lowest BCUT2D eigenvalue weighted by atomic mass is 10.5. The molecule has 2 nitrogen and oxygen atoms in total. The van der Waals surface area contributed by atoms with Crippen LogP contribution in [0.5, 0.6) is 0 Å². The van der Waals surface area contributed by atoms with Gasteiger partial charge >= 0.3 is 12.1 Å². The summed E-state index contributed by atoms with van der Waals surface area (Å²) in [5.74, 6) is -2.44. The molecule has 0 N–H and O–H groups in total. The molecule has 1 aliphatic rings. The minimum atomic E-state index is -4.90. The summed E-state index contributed by atoms with van der Waals surface area (Å²) in [6, 6.07) is 0. The van der Waals surface area contributed by atoms with Crippen LogP contribution in [0.2, 0.25) is 0 Å². The molecule has 0 aromatic carbocycles. The van der Waals surface area contributed by atoms with Gasteiger partial charge in [0.05, 0.1) is 0 Å². The lowest BCUT2D eigenvalue weighted by Crippen LogP contribution is -2.25. The Morgan fingerprint density at radius 1 is 1.36 bits per heavy atom. The van der Waals surface area contributed by atoms with Crippen LogP contribution < -0.4 is 0 Å². The molecule has 0 saturated carbocycles. The van der Waals surface area contributed by atoms with E-state index >= 15 is 0 Å². The number of carbonyl (C=O) groups is 1. The summed E-state index contributed by atoms with van der Waals surface area (Å²) < 4.78 is 38.9. The van der Waals surface area contributed by atoms with Gasteiger partial charge in [0, 0.05) is 5.25 Å². The van der Waals surface area contributed by atoms with E-state index in [-0.39, 0.29) is 11.2 Å². The second kappa shape index (κ2) is 4.54. The maximum absolute atomic E-state index is 11.6. The summed E-state index contributed by atoms with van der Waals surface area (Å²) in [7, 11) is 0. The maximum atomic E-state index is 11.6. The Bertz CT molecular complexity index is 258. The molecule has 78 valence electrons. The molecule has 14 heavy (non-hydrogen) atoms. The van der Waals surface area contributed by atoms with E-state index in [1.165, 1.54) is 0 Å². The Balaban J connectivity index is 2.18. The van der Waals surface area contributed by atoms with E-state index in [2.05, 4.69) is 4.74 Å². The van der Waals surface area contributed by atoms with Crippen LogP contribution in [0.4, 0.5) is 13.2 Å². The first-order chi connectivity index (χ1) is 6.50. The molecule has 0 radical (unpaired) electrons. The normalized spacial score (nSPS) is 16.2. The topological polar surface area (TPSA) is 26.3 Å². The van der Waals surface area contributed by atoms with Crippen molar-refractivity contribution in [3.63, 3.8) is 0 Å². The molecule has 0 atom stereocenters. The predicted molar refractivity (Wildman–Crippen MR) is 46.7 cm³/mol. The van der Waals surface area contributed by atoms with E-state index in [1.807, 2.05) is 0 Å². The highest BCUT2D eigenvalue weighted by atomic mass is 32.2. The quantitative estimate of drug-likeness (QED) is 0.543. The summed E-state index contributed by atoms with van der Waals surface area (Å²) in [6.45, 7) is 0. The van der Waals surface area contributed by atoms with Gasteiger partial charge in [-0.1, -0.05) is 24.3 Å². The van der Waals surface area contributed by atoms with Crippen molar-refractivity contribution in [1.29, 1.82) is 0 Å². The average Bonchev–Trinajstić information content (AvgIpc) is 2.55. The molecule has 0 fully saturated rings.